The van der Waals surface area contributed by atoms with E-state index in [2.05, 4.69) is 4.98 Å². The van der Waals surface area contributed by atoms with Crippen LogP contribution in [0.1, 0.15) is 24.8 Å². The van der Waals surface area contributed by atoms with Crippen LogP contribution in [0.25, 0.3) is 0 Å². The average molecular weight is 283 g/mol. The van der Waals surface area contributed by atoms with Gasteiger partial charge in [0.2, 0.25) is 10.0 Å². The maximum absolute atomic E-state index is 11.6. The number of nitrogens with two attached hydrogens (primary N) is 1. The number of hydrogen-bond donors (Lipinski definition) is 1. The standard InChI is InChI=1S/C13H21N3O2S/c1-19(17,18)16-9-3-4-11(10-16)6-7-12-5-2-8-15-13(12)14/h2,5,8,11H,3-4,6-7,9-10H2,1H3,(H2,14,15). The minimum atomic E-state index is -3.05. The normalized spacial score (nSPS) is 21.4. The first-order valence-electron chi connectivity index (χ1n) is 6.61. The topological polar surface area (TPSA) is 76.3 Å². The van der Waals surface area contributed by atoms with E-state index in [0.717, 1.165) is 31.2 Å². The van der Waals surface area contributed by atoms with E-state index >= 15 is 0 Å². The number of nitrogens with zero attached hydrogens (tertiary/aromatic N) is 2. The van der Waals surface area contributed by atoms with E-state index in [9.17, 15) is 8.42 Å². The maximum Gasteiger partial charge on any atom is 0.211 e. The van der Waals surface area contributed by atoms with Crippen LogP contribution in [0.2, 0.25) is 0 Å². The van der Waals surface area contributed by atoms with Crippen molar-refractivity contribution in [1.82, 2.24) is 9.29 Å². The monoisotopic (exact) mass is 283 g/mol. The molecule has 0 aromatic carbocycles. The van der Waals surface area contributed by atoms with E-state index in [1.165, 1.54) is 6.26 Å². The quantitative estimate of drug-likeness (QED) is 0.902. The molecule has 2 N–H and O–H groups in total. The minimum Gasteiger partial charge on any atom is -0.383 e. The summed E-state index contributed by atoms with van der Waals surface area (Å²) in [4.78, 5) is 4.07. The van der Waals surface area contributed by atoms with Gasteiger partial charge in [-0.1, -0.05) is 6.07 Å². The van der Waals surface area contributed by atoms with Crippen LogP contribution in [0.5, 0.6) is 0 Å². The summed E-state index contributed by atoms with van der Waals surface area (Å²) in [7, 11) is -3.05. The van der Waals surface area contributed by atoms with Crippen LogP contribution in [0.3, 0.4) is 0 Å². The lowest BCUT2D eigenvalue weighted by molar-refractivity contribution is 0.257. The molecule has 0 saturated carbocycles. The smallest absolute Gasteiger partial charge is 0.211 e. The molecule has 2 heterocycles. The molecule has 6 heteroatoms. The Morgan fingerprint density at radius 3 is 3.00 bits per heavy atom. The SMILES string of the molecule is CS(=O)(=O)N1CCCC(CCc2cccnc2N)C1. The lowest BCUT2D eigenvalue weighted by Gasteiger charge is -2.31. The molecule has 0 radical (unpaired) electrons. The Labute approximate surface area is 114 Å². The number of piperidine rings is 1. The third-order valence-electron chi connectivity index (χ3n) is 3.70. The molecule has 1 aromatic heterocycles. The Morgan fingerprint density at radius 1 is 1.53 bits per heavy atom. The zero-order chi connectivity index (χ0) is 13.9. The predicted molar refractivity (Wildman–Crippen MR) is 76.1 cm³/mol. The van der Waals surface area contributed by atoms with Gasteiger partial charge in [0.15, 0.2) is 0 Å². The molecule has 1 aliphatic heterocycles. The van der Waals surface area contributed by atoms with Crippen LogP contribution in [-0.2, 0) is 16.4 Å². The molecule has 1 fully saturated rings. The maximum atomic E-state index is 11.6. The van der Waals surface area contributed by atoms with Crippen molar-refractivity contribution >= 4 is 15.8 Å². The predicted octanol–water partition coefficient (Wildman–Crippen LogP) is 1.27. The Bertz CT molecular complexity index is 530. The Kier molecular flexibility index (Phi) is 4.42. The lowest BCUT2D eigenvalue weighted by atomic mass is 9.93. The third-order valence-corrected chi connectivity index (χ3v) is 4.97. The first-order valence-corrected chi connectivity index (χ1v) is 8.46. The van der Waals surface area contributed by atoms with Crippen molar-refractivity contribution in [2.75, 3.05) is 25.1 Å². The Morgan fingerprint density at radius 2 is 2.32 bits per heavy atom. The zero-order valence-electron chi connectivity index (χ0n) is 11.2. The molecule has 1 unspecified atom stereocenters. The summed E-state index contributed by atoms with van der Waals surface area (Å²) in [6.07, 6.45) is 6.83. The number of pyridine rings is 1. The van der Waals surface area contributed by atoms with Crippen LogP contribution in [0.4, 0.5) is 5.82 Å². The van der Waals surface area contributed by atoms with Crippen LogP contribution < -0.4 is 5.73 Å². The molecule has 1 atom stereocenters. The molecule has 1 aliphatic rings. The van der Waals surface area contributed by atoms with Crippen molar-refractivity contribution in [1.29, 1.82) is 0 Å². The van der Waals surface area contributed by atoms with E-state index < -0.39 is 10.0 Å². The molecule has 1 aromatic rings. The van der Waals surface area contributed by atoms with Gasteiger partial charge in [-0.05, 0) is 43.2 Å². The van der Waals surface area contributed by atoms with Gasteiger partial charge in [0, 0.05) is 19.3 Å². The Balaban J connectivity index is 1.92. The third kappa shape index (κ3) is 3.91. The first kappa shape index (κ1) is 14.3. The summed E-state index contributed by atoms with van der Waals surface area (Å²) in [5.74, 6) is 1.00. The average Bonchev–Trinajstić information content (AvgIpc) is 2.37. The minimum absolute atomic E-state index is 0.420. The van der Waals surface area contributed by atoms with Gasteiger partial charge in [0.05, 0.1) is 6.26 Å². The summed E-state index contributed by atoms with van der Waals surface area (Å²) in [5, 5.41) is 0. The number of sulfonamides is 1. The summed E-state index contributed by atoms with van der Waals surface area (Å²) in [5.41, 5.74) is 6.87. The molecular formula is C13H21N3O2S. The highest BCUT2D eigenvalue weighted by atomic mass is 32.2. The Hall–Kier alpha value is -1.14. The molecular weight excluding hydrogens is 262 g/mol. The molecule has 0 spiro atoms. The molecule has 0 amide bonds. The van der Waals surface area contributed by atoms with Gasteiger partial charge < -0.3 is 5.73 Å². The first-order chi connectivity index (χ1) is 8.97. The zero-order valence-corrected chi connectivity index (χ0v) is 12.1. The van der Waals surface area contributed by atoms with Crippen LogP contribution in [0, 0.1) is 5.92 Å². The summed E-state index contributed by atoms with van der Waals surface area (Å²) in [6.45, 7) is 1.30. The second-order valence-electron chi connectivity index (χ2n) is 5.22. The van der Waals surface area contributed by atoms with Gasteiger partial charge in [-0.25, -0.2) is 17.7 Å². The number of nitrogen functional groups attached to an aromatic ring is 1. The highest BCUT2D eigenvalue weighted by molar-refractivity contribution is 7.88. The number of aromatic nitrogens is 1. The van der Waals surface area contributed by atoms with Crippen molar-refractivity contribution in [2.24, 2.45) is 5.92 Å². The molecule has 5 nitrogen and oxygen atoms in total. The van der Waals surface area contributed by atoms with E-state index in [1.807, 2.05) is 12.1 Å². The van der Waals surface area contributed by atoms with Crippen molar-refractivity contribution < 1.29 is 8.42 Å². The number of aryl methyl sites for hydroxylation is 1. The summed E-state index contributed by atoms with van der Waals surface area (Å²) < 4.78 is 24.7. The largest absolute Gasteiger partial charge is 0.383 e. The van der Waals surface area contributed by atoms with Gasteiger partial charge >= 0.3 is 0 Å². The van der Waals surface area contributed by atoms with Crippen LogP contribution in [-0.4, -0.2) is 37.1 Å². The summed E-state index contributed by atoms with van der Waals surface area (Å²) >= 11 is 0. The van der Waals surface area contributed by atoms with Crippen LogP contribution in [0.15, 0.2) is 18.3 Å². The highest BCUT2D eigenvalue weighted by Gasteiger charge is 2.25. The van der Waals surface area contributed by atoms with Gasteiger partial charge in [0.1, 0.15) is 5.82 Å². The van der Waals surface area contributed by atoms with E-state index in [4.69, 9.17) is 5.73 Å². The number of anilines is 1. The molecule has 0 bridgehead atoms. The lowest BCUT2D eigenvalue weighted by Crippen LogP contribution is -2.39. The highest BCUT2D eigenvalue weighted by Crippen LogP contribution is 2.23. The van der Waals surface area contributed by atoms with E-state index in [1.54, 1.807) is 10.5 Å². The van der Waals surface area contributed by atoms with Crippen molar-refractivity contribution in [3.8, 4) is 0 Å². The van der Waals surface area contributed by atoms with Gasteiger partial charge in [-0.15, -0.1) is 0 Å². The van der Waals surface area contributed by atoms with Gasteiger partial charge in [-0.3, -0.25) is 0 Å². The van der Waals surface area contributed by atoms with E-state index in [-0.39, 0.29) is 0 Å². The number of hydrogen-bond acceptors (Lipinski definition) is 4. The number of rotatable bonds is 4. The second kappa shape index (κ2) is 5.88. The molecule has 1 saturated heterocycles. The fourth-order valence-electron chi connectivity index (χ4n) is 2.59. The van der Waals surface area contributed by atoms with Crippen molar-refractivity contribution in [3.63, 3.8) is 0 Å². The van der Waals surface area contributed by atoms with Gasteiger partial charge in [0.25, 0.3) is 0 Å². The fourth-order valence-corrected chi connectivity index (χ4v) is 3.53. The molecule has 106 valence electrons. The fraction of sp³-hybridized carbons (Fsp3) is 0.615. The second-order valence-corrected chi connectivity index (χ2v) is 7.20. The van der Waals surface area contributed by atoms with E-state index in [0.29, 0.717) is 24.8 Å². The van der Waals surface area contributed by atoms with Crippen molar-refractivity contribution in [3.05, 3.63) is 23.9 Å². The molecule has 2 rings (SSSR count). The summed E-state index contributed by atoms with van der Waals surface area (Å²) in [6, 6.07) is 3.87. The van der Waals surface area contributed by atoms with Crippen LogP contribution >= 0.6 is 0 Å². The molecule has 0 aliphatic carbocycles. The van der Waals surface area contributed by atoms with Crippen molar-refractivity contribution in [2.45, 2.75) is 25.7 Å². The molecule has 19 heavy (non-hydrogen) atoms. The van der Waals surface area contributed by atoms with Gasteiger partial charge in [-0.2, -0.15) is 0 Å².